The van der Waals surface area contributed by atoms with E-state index in [1.165, 1.54) is 36.2 Å². The van der Waals surface area contributed by atoms with Crippen molar-refractivity contribution in [2.75, 3.05) is 0 Å². The summed E-state index contributed by atoms with van der Waals surface area (Å²) in [6.45, 7) is 2.66. The average Bonchev–Trinajstić information content (AvgIpc) is 2.54. The van der Waals surface area contributed by atoms with Gasteiger partial charge in [0.1, 0.15) is 5.82 Å². The van der Waals surface area contributed by atoms with Gasteiger partial charge in [0.25, 0.3) is 0 Å². The van der Waals surface area contributed by atoms with Crippen molar-refractivity contribution in [1.29, 1.82) is 0 Å². The van der Waals surface area contributed by atoms with Crippen molar-refractivity contribution in [3.8, 4) is 0 Å². The van der Waals surface area contributed by atoms with Gasteiger partial charge in [0, 0.05) is 18.7 Å². The minimum Gasteiger partial charge on any atom is -0.326 e. The molecule has 3 heteroatoms. The number of hydrogen-bond donors (Lipinski definition) is 1. The monoisotopic (exact) mass is 215 g/mol. The zero-order valence-electron chi connectivity index (χ0n) is 9.61. The summed E-state index contributed by atoms with van der Waals surface area (Å²) in [6, 6.07) is 4.16. The Labute approximate surface area is 95.3 Å². The van der Waals surface area contributed by atoms with E-state index in [4.69, 9.17) is 10.7 Å². The summed E-state index contributed by atoms with van der Waals surface area (Å²) in [5.74, 6) is 1.89. The quantitative estimate of drug-likeness (QED) is 0.835. The van der Waals surface area contributed by atoms with Crippen molar-refractivity contribution in [3.05, 3.63) is 35.4 Å². The minimum atomic E-state index is 0.584. The van der Waals surface area contributed by atoms with Gasteiger partial charge < -0.3 is 10.1 Å². The Morgan fingerprint density at radius 1 is 1.50 bits per heavy atom. The molecule has 0 radical (unpaired) electrons. The molecule has 1 fully saturated rings. The van der Waals surface area contributed by atoms with Crippen molar-refractivity contribution < 1.29 is 0 Å². The van der Waals surface area contributed by atoms with E-state index in [0.29, 0.717) is 12.5 Å². The molecule has 0 amide bonds. The Morgan fingerprint density at radius 3 is 2.94 bits per heavy atom. The number of aromatic nitrogens is 2. The van der Waals surface area contributed by atoms with Crippen LogP contribution in [0.25, 0.3) is 5.52 Å². The van der Waals surface area contributed by atoms with Crippen LogP contribution in [0, 0.1) is 6.92 Å². The van der Waals surface area contributed by atoms with Gasteiger partial charge in [0.05, 0.1) is 11.2 Å². The molecular weight excluding hydrogens is 198 g/mol. The predicted octanol–water partition coefficient (Wildman–Crippen LogP) is 2.37. The zero-order valence-corrected chi connectivity index (χ0v) is 9.61. The Morgan fingerprint density at radius 2 is 2.31 bits per heavy atom. The molecule has 0 aliphatic heterocycles. The molecule has 1 aliphatic carbocycles. The van der Waals surface area contributed by atoms with Crippen LogP contribution in [-0.4, -0.2) is 9.38 Å². The van der Waals surface area contributed by atoms with Crippen LogP contribution in [0.2, 0.25) is 0 Å². The van der Waals surface area contributed by atoms with E-state index in [0.717, 1.165) is 5.69 Å². The van der Waals surface area contributed by atoms with Gasteiger partial charge in [0.15, 0.2) is 0 Å². The summed E-state index contributed by atoms with van der Waals surface area (Å²) in [5, 5.41) is 0. The summed E-state index contributed by atoms with van der Waals surface area (Å²) in [5.41, 5.74) is 9.30. The van der Waals surface area contributed by atoms with E-state index in [1.54, 1.807) is 0 Å². The number of hydrogen-bond acceptors (Lipinski definition) is 2. The Kier molecular flexibility index (Phi) is 2.21. The normalized spacial score (nSPS) is 16.6. The number of fused-ring (bicyclic) bond motifs is 1. The van der Waals surface area contributed by atoms with Gasteiger partial charge in [-0.1, -0.05) is 12.5 Å². The standard InChI is InChI=1S/C13H17N3/c1-9-12-11(8-14)6-3-7-16(12)13(15-9)10-4-2-5-10/h3,6-7,10H,2,4-5,8,14H2,1H3. The van der Waals surface area contributed by atoms with Gasteiger partial charge in [-0.2, -0.15) is 0 Å². The minimum absolute atomic E-state index is 0.584. The van der Waals surface area contributed by atoms with Gasteiger partial charge >= 0.3 is 0 Å². The maximum absolute atomic E-state index is 5.78. The van der Waals surface area contributed by atoms with Crippen molar-refractivity contribution in [2.45, 2.75) is 38.6 Å². The van der Waals surface area contributed by atoms with Crippen LogP contribution < -0.4 is 5.73 Å². The zero-order chi connectivity index (χ0) is 11.1. The van der Waals surface area contributed by atoms with Gasteiger partial charge in [-0.05, 0) is 31.4 Å². The molecule has 0 bridgehead atoms. The number of imidazole rings is 1. The van der Waals surface area contributed by atoms with Crippen LogP contribution in [0.3, 0.4) is 0 Å². The summed E-state index contributed by atoms with van der Waals surface area (Å²) >= 11 is 0. The van der Waals surface area contributed by atoms with Crippen molar-refractivity contribution >= 4 is 5.52 Å². The third kappa shape index (κ3) is 1.28. The highest BCUT2D eigenvalue weighted by molar-refractivity contribution is 5.59. The summed E-state index contributed by atoms with van der Waals surface area (Å²) in [7, 11) is 0. The average molecular weight is 215 g/mol. The largest absolute Gasteiger partial charge is 0.326 e. The number of nitrogens with two attached hydrogens (primary N) is 1. The van der Waals surface area contributed by atoms with E-state index in [-0.39, 0.29) is 0 Å². The molecule has 3 nitrogen and oxygen atoms in total. The molecule has 84 valence electrons. The van der Waals surface area contributed by atoms with Crippen molar-refractivity contribution in [1.82, 2.24) is 9.38 Å². The first-order valence-corrected chi connectivity index (χ1v) is 5.97. The molecule has 0 saturated heterocycles. The molecule has 1 saturated carbocycles. The first kappa shape index (κ1) is 9.85. The highest BCUT2D eigenvalue weighted by atomic mass is 15.0. The van der Waals surface area contributed by atoms with Crippen LogP contribution in [0.15, 0.2) is 18.3 Å². The van der Waals surface area contributed by atoms with E-state index in [9.17, 15) is 0 Å². The summed E-state index contributed by atoms with van der Waals surface area (Å²) in [4.78, 5) is 4.73. The lowest BCUT2D eigenvalue weighted by Crippen LogP contribution is -2.12. The first-order chi connectivity index (χ1) is 7.81. The molecule has 16 heavy (non-hydrogen) atoms. The number of aryl methyl sites for hydroxylation is 1. The second-order valence-electron chi connectivity index (χ2n) is 4.64. The highest BCUT2D eigenvalue weighted by Crippen LogP contribution is 2.36. The first-order valence-electron chi connectivity index (χ1n) is 5.97. The fourth-order valence-electron chi connectivity index (χ4n) is 2.55. The van der Waals surface area contributed by atoms with Crippen LogP contribution in [0.1, 0.15) is 42.3 Å². The lowest BCUT2D eigenvalue weighted by atomic mass is 9.85. The third-order valence-electron chi connectivity index (χ3n) is 3.64. The number of rotatable bonds is 2. The SMILES string of the molecule is Cc1nc(C2CCC2)n2cccc(CN)c12. The lowest BCUT2D eigenvalue weighted by Gasteiger charge is -2.24. The maximum Gasteiger partial charge on any atom is 0.116 e. The topological polar surface area (TPSA) is 43.3 Å². The lowest BCUT2D eigenvalue weighted by molar-refractivity contribution is 0.400. The van der Waals surface area contributed by atoms with Crippen LogP contribution in [0.5, 0.6) is 0 Å². The maximum atomic E-state index is 5.78. The molecule has 3 rings (SSSR count). The molecule has 0 atom stereocenters. The van der Waals surface area contributed by atoms with Gasteiger partial charge in [-0.25, -0.2) is 4.98 Å². The van der Waals surface area contributed by atoms with E-state index < -0.39 is 0 Å². The molecule has 0 unspecified atom stereocenters. The smallest absolute Gasteiger partial charge is 0.116 e. The van der Waals surface area contributed by atoms with E-state index >= 15 is 0 Å². The second kappa shape index (κ2) is 3.59. The fraction of sp³-hybridized carbons (Fsp3) is 0.462. The Hall–Kier alpha value is -1.35. The summed E-state index contributed by atoms with van der Waals surface area (Å²) < 4.78 is 2.24. The van der Waals surface area contributed by atoms with Crippen molar-refractivity contribution in [2.24, 2.45) is 5.73 Å². The second-order valence-corrected chi connectivity index (χ2v) is 4.64. The Balaban J connectivity index is 2.24. The molecule has 1 aliphatic rings. The van der Waals surface area contributed by atoms with Gasteiger partial charge in [-0.15, -0.1) is 0 Å². The van der Waals surface area contributed by atoms with Crippen LogP contribution >= 0.6 is 0 Å². The molecule has 0 aromatic carbocycles. The summed E-state index contributed by atoms with van der Waals surface area (Å²) in [6.07, 6.45) is 6.02. The molecule has 2 heterocycles. The molecule has 2 N–H and O–H groups in total. The predicted molar refractivity (Wildman–Crippen MR) is 64.4 cm³/mol. The Bertz CT molecular complexity index is 523. The van der Waals surface area contributed by atoms with Gasteiger partial charge in [0.2, 0.25) is 0 Å². The van der Waals surface area contributed by atoms with Crippen LogP contribution in [-0.2, 0) is 6.54 Å². The molecular formula is C13H17N3. The highest BCUT2D eigenvalue weighted by Gasteiger charge is 2.25. The fourth-order valence-corrected chi connectivity index (χ4v) is 2.55. The van der Waals surface area contributed by atoms with E-state index in [2.05, 4.69) is 29.7 Å². The molecule has 2 aromatic heterocycles. The molecule has 2 aromatic rings. The van der Waals surface area contributed by atoms with Crippen molar-refractivity contribution in [3.63, 3.8) is 0 Å². The third-order valence-corrected chi connectivity index (χ3v) is 3.64. The number of nitrogens with zero attached hydrogens (tertiary/aromatic N) is 2. The van der Waals surface area contributed by atoms with Crippen LogP contribution in [0.4, 0.5) is 0 Å². The van der Waals surface area contributed by atoms with Gasteiger partial charge in [-0.3, -0.25) is 0 Å². The van der Waals surface area contributed by atoms with E-state index in [1.807, 2.05) is 0 Å². The molecule has 0 spiro atoms. The number of pyridine rings is 1.